The van der Waals surface area contributed by atoms with Gasteiger partial charge in [0.15, 0.2) is 5.78 Å². The summed E-state index contributed by atoms with van der Waals surface area (Å²) in [7, 11) is 0. The zero-order valence-corrected chi connectivity index (χ0v) is 15.6. The number of carbonyl (C=O) groups excluding carboxylic acids is 2. The van der Waals surface area contributed by atoms with Crippen molar-refractivity contribution >= 4 is 17.3 Å². The van der Waals surface area contributed by atoms with Gasteiger partial charge < -0.3 is 4.90 Å². The second-order valence-electron chi connectivity index (χ2n) is 6.65. The molecule has 26 heavy (non-hydrogen) atoms. The van der Waals surface area contributed by atoms with Crippen LogP contribution in [0.15, 0.2) is 66.2 Å². The van der Waals surface area contributed by atoms with Gasteiger partial charge in [0.1, 0.15) is 5.92 Å². The van der Waals surface area contributed by atoms with E-state index in [4.69, 9.17) is 0 Å². The minimum Gasteiger partial charge on any atom is -0.343 e. The molecule has 3 heteroatoms. The summed E-state index contributed by atoms with van der Waals surface area (Å²) in [5.74, 6) is -1.03. The molecule has 0 saturated heterocycles. The van der Waals surface area contributed by atoms with Crippen LogP contribution >= 0.6 is 0 Å². The van der Waals surface area contributed by atoms with E-state index in [2.05, 4.69) is 0 Å². The largest absolute Gasteiger partial charge is 0.343 e. The summed E-state index contributed by atoms with van der Waals surface area (Å²) in [5.41, 5.74) is 3.71. The number of hydrogen-bond acceptors (Lipinski definition) is 2. The van der Waals surface area contributed by atoms with Gasteiger partial charge in [-0.1, -0.05) is 60.7 Å². The lowest BCUT2D eigenvalue weighted by molar-refractivity contribution is -0.139. The molecule has 2 aromatic carbocycles. The Morgan fingerprint density at radius 1 is 0.923 bits per heavy atom. The average molecular weight is 347 g/mol. The maximum absolute atomic E-state index is 13.2. The van der Waals surface area contributed by atoms with Crippen molar-refractivity contribution in [3.63, 3.8) is 0 Å². The fraction of sp³-hybridized carbons (Fsp3) is 0.304. The van der Waals surface area contributed by atoms with Crippen LogP contribution in [-0.4, -0.2) is 29.7 Å². The van der Waals surface area contributed by atoms with Crippen LogP contribution in [-0.2, 0) is 9.59 Å². The molecule has 1 aliphatic carbocycles. The molecule has 0 N–H and O–H groups in total. The number of allylic oxidation sites excluding steroid dienone is 2. The number of Topliss-reactive ketones (excluding diaryl/α,β-unsaturated/α-hetero) is 1. The molecule has 0 aliphatic heterocycles. The van der Waals surface area contributed by atoms with E-state index in [0.717, 1.165) is 16.7 Å². The molecule has 1 aliphatic rings. The first-order chi connectivity index (χ1) is 12.6. The van der Waals surface area contributed by atoms with Crippen LogP contribution in [0.25, 0.3) is 5.57 Å². The van der Waals surface area contributed by atoms with Crippen molar-refractivity contribution in [1.29, 1.82) is 0 Å². The third-order valence-electron chi connectivity index (χ3n) is 5.29. The minimum atomic E-state index is -0.674. The molecule has 0 bridgehead atoms. The Morgan fingerprint density at radius 3 is 2.00 bits per heavy atom. The summed E-state index contributed by atoms with van der Waals surface area (Å²) in [6.07, 6.45) is 0. The fourth-order valence-corrected chi connectivity index (χ4v) is 3.94. The zero-order chi connectivity index (χ0) is 18.7. The molecular weight excluding hydrogens is 322 g/mol. The van der Waals surface area contributed by atoms with Crippen molar-refractivity contribution in [3.8, 4) is 0 Å². The zero-order valence-electron chi connectivity index (χ0n) is 15.6. The Hall–Kier alpha value is -2.68. The summed E-state index contributed by atoms with van der Waals surface area (Å²) >= 11 is 0. The van der Waals surface area contributed by atoms with Gasteiger partial charge in [0.25, 0.3) is 0 Å². The van der Waals surface area contributed by atoms with Crippen LogP contribution in [0, 0.1) is 5.92 Å². The number of rotatable bonds is 5. The SMILES string of the molecule is CCN(CC)C(=O)[C@H]1C(=O)C(C)=C(c2ccccc2)[C@@H]1c1ccccc1. The van der Waals surface area contributed by atoms with E-state index in [1.54, 1.807) is 4.90 Å². The number of benzene rings is 2. The first-order valence-corrected chi connectivity index (χ1v) is 9.24. The third kappa shape index (κ3) is 3.10. The van der Waals surface area contributed by atoms with Crippen molar-refractivity contribution in [2.75, 3.05) is 13.1 Å². The number of amides is 1. The second-order valence-corrected chi connectivity index (χ2v) is 6.65. The molecule has 2 aromatic rings. The van der Waals surface area contributed by atoms with Gasteiger partial charge in [-0.3, -0.25) is 9.59 Å². The standard InChI is InChI=1S/C23H25NO2/c1-4-24(5-2)23(26)21-20(18-14-10-7-11-15-18)19(16(3)22(21)25)17-12-8-6-9-13-17/h6-15,20-21H,4-5H2,1-3H3/t20-,21+/m0/s1. The molecule has 0 aromatic heterocycles. The van der Waals surface area contributed by atoms with E-state index in [9.17, 15) is 9.59 Å². The monoisotopic (exact) mass is 347 g/mol. The average Bonchev–Trinajstić information content (AvgIpc) is 2.95. The van der Waals surface area contributed by atoms with Crippen molar-refractivity contribution in [2.24, 2.45) is 5.92 Å². The van der Waals surface area contributed by atoms with Gasteiger partial charge in [-0.05, 0) is 43.0 Å². The highest BCUT2D eigenvalue weighted by Crippen LogP contribution is 2.47. The molecule has 0 unspecified atom stereocenters. The van der Waals surface area contributed by atoms with Gasteiger partial charge in [0, 0.05) is 19.0 Å². The summed E-state index contributed by atoms with van der Waals surface area (Å²) in [6, 6.07) is 19.9. The second kappa shape index (κ2) is 7.69. The third-order valence-corrected chi connectivity index (χ3v) is 5.29. The highest BCUT2D eigenvalue weighted by molar-refractivity contribution is 6.19. The summed E-state index contributed by atoms with van der Waals surface area (Å²) in [5, 5.41) is 0. The van der Waals surface area contributed by atoms with Crippen LogP contribution in [0.3, 0.4) is 0 Å². The highest BCUT2D eigenvalue weighted by atomic mass is 16.2. The molecule has 3 rings (SSSR count). The molecule has 0 spiro atoms. The maximum atomic E-state index is 13.2. The summed E-state index contributed by atoms with van der Waals surface area (Å²) < 4.78 is 0. The van der Waals surface area contributed by atoms with E-state index < -0.39 is 5.92 Å². The topological polar surface area (TPSA) is 37.4 Å². The van der Waals surface area contributed by atoms with E-state index in [-0.39, 0.29) is 17.6 Å². The van der Waals surface area contributed by atoms with E-state index in [1.165, 1.54) is 0 Å². The van der Waals surface area contributed by atoms with Gasteiger partial charge in [-0.25, -0.2) is 0 Å². The number of ketones is 1. The quantitative estimate of drug-likeness (QED) is 0.756. The first-order valence-electron chi connectivity index (χ1n) is 9.24. The van der Waals surface area contributed by atoms with Crippen molar-refractivity contribution in [1.82, 2.24) is 4.90 Å². The van der Waals surface area contributed by atoms with Crippen LogP contribution in [0.4, 0.5) is 0 Å². The predicted molar refractivity (Wildman–Crippen MR) is 105 cm³/mol. The summed E-state index contributed by atoms with van der Waals surface area (Å²) in [4.78, 5) is 28.1. The van der Waals surface area contributed by atoms with Crippen molar-refractivity contribution in [2.45, 2.75) is 26.7 Å². The van der Waals surface area contributed by atoms with Crippen LogP contribution in [0.5, 0.6) is 0 Å². The fourth-order valence-electron chi connectivity index (χ4n) is 3.94. The number of nitrogens with zero attached hydrogens (tertiary/aromatic N) is 1. The van der Waals surface area contributed by atoms with E-state index >= 15 is 0 Å². The number of hydrogen-bond donors (Lipinski definition) is 0. The Kier molecular flexibility index (Phi) is 5.36. The minimum absolute atomic E-state index is 0.0467. The summed E-state index contributed by atoms with van der Waals surface area (Å²) in [6.45, 7) is 6.99. The molecule has 134 valence electrons. The lowest BCUT2D eigenvalue weighted by Crippen LogP contribution is -2.40. The van der Waals surface area contributed by atoms with Gasteiger partial charge in [-0.15, -0.1) is 0 Å². The van der Waals surface area contributed by atoms with Gasteiger partial charge in [0.2, 0.25) is 5.91 Å². The maximum Gasteiger partial charge on any atom is 0.234 e. The Morgan fingerprint density at radius 2 is 1.46 bits per heavy atom. The molecular formula is C23H25NO2. The Balaban J connectivity index is 2.15. The lowest BCUT2D eigenvalue weighted by atomic mass is 9.81. The van der Waals surface area contributed by atoms with Crippen LogP contribution in [0.2, 0.25) is 0 Å². The van der Waals surface area contributed by atoms with Crippen LogP contribution in [0.1, 0.15) is 37.8 Å². The van der Waals surface area contributed by atoms with Gasteiger partial charge in [-0.2, -0.15) is 0 Å². The molecule has 0 fully saturated rings. The molecule has 2 atom stereocenters. The van der Waals surface area contributed by atoms with Crippen molar-refractivity contribution < 1.29 is 9.59 Å². The van der Waals surface area contributed by atoms with E-state index in [0.29, 0.717) is 18.7 Å². The molecule has 0 saturated carbocycles. The smallest absolute Gasteiger partial charge is 0.234 e. The molecule has 0 radical (unpaired) electrons. The normalized spacial score (nSPS) is 19.7. The van der Waals surface area contributed by atoms with Gasteiger partial charge >= 0.3 is 0 Å². The first kappa shape index (κ1) is 18.1. The molecule has 0 heterocycles. The van der Waals surface area contributed by atoms with Crippen molar-refractivity contribution in [3.05, 3.63) is 77.4 Å². The Bertz CT molecular complexity index is 820. The van der Waals surface area contributed by atoms with E-state index in [1.807, 2.05) is 81.4 Å². The molecule has 1 amide bonds. The molecule has 3 nitrogen and oxygen atoms in total. The van der Waals surface area contributed by atoms with Gasteiger partial charge in [0.05, 0.1) is 0 Å². The Labute approximate surface area is 155 Å². The highest BCUT2D eigenvalue weighted by Gasteiger charge is 2.46. The number of carbonyl (C=O) groups is 2. The predicted octanol–water partition coefficient (Wildman–Crippen LogP) is 4.31. The lowest BCUT2D eigenvalue weighted by Gasteiger charge is -2.27. The van der Waals surface area contributed by atoms with Crippen LogP contribution < -0.4 is 0 Å².